The van der Waals surface area contributed by atoms with Crippen LogP contribution in [0.5, 0.6) is 5.75 Å². The number of ether oxygens (including phenoxy) is 4. The van der Waals surface area contributed by atoms with Crippen molar-refractivity contribution < 1.29 is 23.4 Å². The highest BCUT2D eigenvalue weighted by atomic mass is 28.4. The van der Waals surface area contributed by atoms with Crippen molar-refractivity contribution in [3.63, 3.8) is 0 Å². The molecule has 2 aromatic carbocycles. The molecule has 0 N–H and O–H groups in total. The van der Waals surface area contributed by atoms with Crippen molar-refractivity contribution in [2.75, 3.05) is 20.8 Å². The van der Waals surface area contributed by atoms with Crippen LogP contribution in [0.2, 0.25) is 18.1 Å². The lowest BCUT2D eigenvalue weighted by Crippen LogP contribution is -2.40. The van der Waals surface area contributed by atoms with Gasteiger partial charge in [-0.15, -0.1) is 6.42 Å². The van der Waals surface area contributed by atoms with Crippen molar-refractivity contribution in [3.05, 3.63) is 77.4 Å². The molecule has 0 heterocycles. The summed E-state index contributed by atoms with van der Waals surface area (Å²) in [5.41, 5.74) is 3.30. The molecule has 2 rings (SSSR count). The third kappa shape index (κ3) is 10.5. The van der Waals surface area contributed by atoms with Crippen LogP contribution in [0, 0.1) is 18.3 Å². The highest BCUT2D eigenvalue weighted by Gasteiger charge is 2.37. The summed E-state index contributed by atoms with van der Waals surface area (Å²) in [4.78, 5) is 0. The summed E-state index contributed by atoms with van der Waals surface area (Å²) >= 11 is 0. The number of rotatable bonds is 16. The largest absolute Gasteiger partial charge is 0.497 e. The minimum atomic E-state index is -1.87. The monoisotopic (exact) mass is 566 g/mol. The molecule has 0 aliphatic heterocycles. The first-order chi connectivity index (χ1) is 18.9. The summed E-state index contributed by atoms with van der Waals surface area (Å²) in [6.07, 6.45) is 7.87. The average Bonchev–Trinajstić information content (AvgIpc) is 2.93. The fourth-order valence-corrected chi connectivity index (χ4v) is 5.02. The van der Waals surface area contributed by atoms with Crippen LogP contribution in [0.25, 0.3) is 0 Å². The van der Waals surface area contributed by atoms with E-state index in [0.717, 1.165) is 22.4 Å². The van der Waals surface area contributed by atoms with Gasteiger partial charge in [0.05, 0.1) is 39.1 Å². The summed E-state index contributed by atoms with van der Waals surface area (Å²) < 4.78 is 30.5. The molecule has 0 radical (unpaired) electrons. The second-order valence-corrected chi connectivity index (χ2v) is 16.7. The van der Waals surface area contributed by atoms with E-state index < -0.39 is 8.32 Å². The molecular formula is C34H50O5Si. The lowest BCUT2D eigenvalue weighted by atomic mass is 9.91. The van der Waals surface area contributed by atoms with Gasteiger partial charge in [0, 0.05) is 19.4 Å². The Morgan fingerprint density at radius 2 is 1.55 bits per heavy atom. The number of benzene rings is 2. The van der Waals surface area contributed by atoms with Crippen LogP contribution < -0.4 is 4.74 Å². The van der Waals surface area contributed by atoms with Crippen molar-refractivity contribution >= 4 is 8.32 Å². The number of hydrogen-bond acceptors (Lipinski definition) is 5. The second-order valence-electron chi connectivity index (χ2n) is 11.9. The highest BCUT2D eigenvalue weighted by Crippen LogP contribution is 2.36. The second kappa shape index (κ2) is 16.1. The van der Waals surface area contributed by atoms with E-state index in [-0.39, 0.29) is 29.3 Å². The Kier molecular flexibility index (Phi) is 13.6. The molecular weight excluding hydrogens is 516 g/mol. The van der Waals surface area contributed by atoms with Crippen LogP contribution in [0.3, 0.4) is 0 Å². The zero-order valence-electron chi connectivity index (χ0n) is 26.0. The molecule has 0 aliphatic rings. The Labute approximate surface area is 244 Å². The van der Waals surface area contributed by atoms with Crippen molar-refractivity contribution in [1.82, 2.24) is 0 Å². The van der Waals surface area contributed by atoms with E-state index >= 15 is 0 Å². The number of hydrogen-bond donors (Lipinski definition) is 0. The number of methoxy groups -OCH3 is 2. The first kappa shape index (κ1) is 33.8. The summed E-state index contributed by atoms with van der Waals surface area (Å²) in [7, 11) is 1.44. The maximum Gasteiger partial charge on any atom is 0.192 e. The highest BCUT2D eigenvalue weighted by molar-refractivity contribution is 6.74. The SMILES string of the molecule is C#C[C@H](OC)[C@@H](C)[C@@H](C[C@H](OCc1ccccc1)/C(C)=C/CO[Si](C)(C)C(C)(C)C)OCc1ccc(OC)cc1. The molecule has 6 heteroatoms. The van der Waals surface area contributed by atoms with Gasteiger partial charge in [-0.2, -0.15) is 0 Å². The number of terminal acetylenes is 1. The van der Waals surface area contributed by atoms with Crippen molar-refractivity contribution in [3.8, 4) is 18.1 Å². The Morgan fingerprint density at radius 1 is 0.950 bits per heavy atom. The van der Waals surface area contributed by atoms with Gasteiger partial charge in [0.25, 0.3) is 0 Å². The van der Waals surface area contributed by atoms with E-state index in [9.17, 15) is 0 Å². The maximum atomic E-state index is 6.55. The van der Waals surface area contributed by atoms with Gasteiger partial charge < -0.3 is 23.4 Å². The maximum absolute atomic E-state index is 6.55. The lowest BCUT2D eigenvalue weighted by molar-refractivity contribution is -0.0642. The minimum absolute atomic E-state index is 0.0487. The van der Waals surface area contributed by atoms with E-state index in [2.05, 4.69) is 71.8 Å². The molecule has 0 bridgehead atoms. The minimum Gasteiger partial charge on any atom is -0.497 e. The molecule has 0 aromatic heterocycles. The Balaban J connectivity index is 2.27. The van der Waals surface area contributed by atoms with Crippen LogP contribution in [0.15, 0.2) is 66.2 Å². The van der Waals surface area contributed by atoms with Crippen LogP contribution >= 0.6 is 0 Å². The molecule has 0 saturated heterocycles. The van der Waals surface area contributed by atoms with Gasteiger partial charge >= 0.3 is 0 Å². The van der Waals surface area contributed by atoms with Gasteiger partial charge in [0.15, 0.2) is 8.32 Å². The van der Waals surface area contributed by atoms with Crippen LogP contribution in [0.4, 0.5) is 0 Å². The molecule has 0 aliphatic carbocycles. The predicted octanol–water partition coefficient (Wildman–Crippen LogP) is 7.81. The van der Waals surface area contributed by atoms with Gasteiger partial charge in [0.2, 0.25) is 0 Å². The third-order valence-corrected chi connectivity index (χ3v) is 12.5. The molecule has 0 fully saturated rings. The van der Waals surface area contributed by atoms with Gasteiger partial charge in [-0.3, -0.25) is 0 Å². The van der Waals surface area contributed by atoms with Crippen molar-refractivity contribution in [1.29, 1.82) is 0 Å². The first-order valence-corrected chi connectivity index (χ1v) is 17.0. The lowest BCUT2D eigenvalue weighted by Gasteiger charge is -2.36. The van der Waals surface area contributed by atoms with E-state index in [4.69, 9.17) is 29.8 Å². The molecule has 220 valence electrons. The quantitative estimate of drug-likeness (QED) is 0.118. The molecule has 0 unspecified atom stereocenters. The van der Waals surface area contributed by atoms with E-state index in [1.807, 2.05) is 42.5 Å². The topological polar surface area (TPSA) is 46.2 Å². The Bertz CT molecular complexity index is 1070. The van der Waals surface area contributed by atoms with Crippen LogP contribution in [0.1, 0.15) is 52.2 Å². The fourth-order valence-electron chi connectivity index (χ4n) is 4.09. The van der Waals surface area contributed by atoms with E-state index in [1.54, 1.807) is 14.2 Å². The van der Waals surface area contributed by atoms with Gasteiger partial charge in [-0.1, -0.05) is 82.2 Å². The van der Waals surface area contributed by atoms with Crippen molar-refractivity contribution in [2.24, 2.45) is 5.92 Å². The third-order valence-electron chi connectivity index (χ3n) is 8.01. The van der Waals surface area contributed by atoms with Gasteiger partial charge in [-0.05, 0) is 53.9 Å². The molecule has 0 amide bonds. The van der Waals surface area contributed by atoms with E-state index in [0.29, 0.717) is 26.2 Å². The van der Waals surface area contributed by atoms with Gasteiger partial charge in [0.1, 0.15) is 11.9 Å². The molecule has 0 spiro atoms. The summed E-state index contributed by atoms with van der Waals surface area (Å²) in [5.74, 6) is 3.55. The zero-order valence-corrected chi connectivity index (χ0v) is 27.0. The zero-order chi connectivity index (χ0) is 29.8. The molecule has 5 nitrogen and oxygen atoms in total. The van der Waals surface area contributed by atoms with Crippen molar-refractivity contribution in [2.45, 2.75) is 90.7 Å². The standard InChI is InChI=1S/C34H50O5Si/c1-11-31(36-8)27(3)33(38-25-29-17-19-30(35-7)20-18-29)23-32(37-24-28-15-13-12-14-16-28)26(2)21-22-39-40(9,10)34(4,5)6/h1,12-21,27,31-33H,22-25H2,2-10H3/b26-21+/t27-,31+,32+,33-/m1/s1. The summed E-state index contributed by atoms with van der Waals surface area (Å²) in [6, 6.07) is 18.1. The average molecular weight is 567 g/mol. The Morgan fingerprint density at radius 3 is 2.10 bits per heavy atom. The molecule has 40 heavy (non-hydrogen) atoms. The smallest absolute Gasteiger partial charge is 0.192 e. The summed E-state index contributed by atoms with van der Waals surface area (Å²) in [5, 5.41) is 0.151. The van der Waals surface area contributed by atoms with E-state index in [1.165, 1.54) is 0 Å². The predicted molar refractivity (Wildman–Crippen MR) is 167 cm³/mol. The van der Waals surface area contributed by atoms with Crippen LogP contribution in [-0.4, -0.2) is 47.5 Å². The van der Waals surface area contributed by atoms with Gasteiger partial charge in [-0.25, -0.2) is 0 Å². The first-order valence-electron chi connectivity index (χ1n) is 14.1. The molecule has 0 saturated carbocycles. The normalized spacial score (nSPS) is 15.7. The summed E-state index contributed by atoms with van der Waals surface area (Å²) in [6.45, 7) is 17.0. The molecule has 4 atom stereocenters. The fraction of sp³-hybridized carbons (Fsp3) is 0.529. The Hall–Kier alpha value is -2.40. The van der Waals surface area contributed by atoms with Crippen LogP contribution in [-0.2, 0) is 31.9 Å². The molecule has 2 aromatic rings.